The number of alkyl halides is 6. The van der Waals surface area contributed by atoms with Crippen molar-refractivity contribution in [3.63, 3.8) is 0 Å². The van der Waals surface area contributed by atoms with Crippen molar-refractivity contribution in [2.75, 3.05) is 6.61 Å². The Balaban J connectivity index is 2.63. The molecule has 0 saturated heterocycles. The van der Waals surface area contributed by atoms with E-state index in [1.807, 2.05) is 5.21 Å². The topological polar surface area (TPSA) is 67.9 Å². The first kappa shape index (κ1) is 17.8. The third-order valence-electron chi connectivity index (χ3n) is 2.88. The molecule has 0 radical (unpaired) electrons. The molecular formula is C13H9F6N3O2. The van der Waals surface area contributed by atoms with Crippen molar-refractivity contribution in [1.29, 1.82) is 0 Å². The molecular weight excluding hydrogens is 344 g/mol. The number of rotatable bonds is 3. The average molecular weight is 353 g/mol. The normalized spacial score (nSPS) is 12.3. The number of esters is 1. The second kappa shape index (κ2) is 6.13. The van der Waals surface area contributed by atoms with Gasteiger partial charge in [0.1, 0.15) is 5.69 Å². The Morgan fingerprint density at radius 1 is 1.04 bits per heavy atom. The third kappa shape index (κ3) is 3.66. The van der Waals surface area contributed by atoms with Gasteiger partial charge < -0.3 is 4.74 Å². The Labute approximate surface area is 130 Å². The van der Waals surface area contributed by atoms with Crippen molar-refractivity contribution in [3.8, 4) is 11.3 Å². The Morgan fingerprint density at radius 3 is 2.04 bits per heavy atom. The van der Waals surface area contributed by atoms with Gasteiger partial charge in [0.15, 0.2) is 5.69 Å². The van der Waals surface area contributed by atoms with E-state index in [2.05, 4.69) is 14.9 Å². The van der Waals surface area contributed by atoms with Gasteiger partial charge >= 0.3 is 18.3 Å². The summed E-state index contributed by atoms with van der Waals surface area (Å²) in [6.45, 7) is 1.42. The van der Waals surface area contributed by atoms with Gasteiger partial charge in [-0.1, -0.05) is 0 Å². The van der Waals surface area contributed by atoms with E-state index >= 15 is 0 Å². The highest BCUT2D eigenvalue weighted by Gasteiger charge is 2.37. The monoisotopic (exact) mass is 353 g/mol. The van der Waals surface area contributed by atoms with Crippen LogP contribution in [0.4, 0.5) is 26.3 Å². The summed E-state index contributed by atoms with van der Waals surface area (Å²) in [4.78, 5) is 11.7. The lowest BCUT2D eigenvalue weighted by molar-refractivity contribution is -0.143. The fourth-order valence-electron chi connectivity index (χ4n) is 1.87. The summed E-state index contributed by atoms with van der Waals surface area (Å²) >= 11 is 0. The van der Waals surface area contributed by atoms with Crippen LogP contribution in [-0.4, -0.2) is 28.0 Å². The molecule has 5 nitrogen and oxygen atoms in total. The van der Waals surface area contributed by atoms with Crippen LogP contribution in [0.2, 0.25) is 0 Å². The summed E-state index contributed by atoms with van der Waals surface area (Å²) in [6.07, 6.45) is -10.0. The molecule has 0 spiro atoms. The third-order valence-corrected chi connectivity index (χ3v) is 2.88. The summed E-state index contributed by atoms with van der Waals surface area (Å²) in [6, 6.07) is 0.888. The minimum Gasteiger partial charge on any atom is -0.461 e. The molecule has 24 heavy (non-hydrogen) atoms. The predicted molar refractivity (Wildman–Crippen MR) is 67.8 cm³/mol. The maximum atomic E-state index is 12.9. The van der Waals surface area contributed by atoms with Crippen molar-refractivity contribution >= 4 is 5.97 Å². The number of nitrogens with zero attached hydrogens (tertiary/aromatic N) is 2. The van der Waals surface area contributed by atoms with Crippen LogP contribution in [0.1, 0.15) is 28.5 Å². The molecule has 1 aromatic carbocycles. The van der Waals surface area contributed by atoms with Gasteiger partial charge in [-0.2, -0.15) is 36.7 Å². The molecule has 0 aliphatic heterocycles. The van der Waals surface area contributed by atoms with Crippen LogP contribution in [-0.2, 0) is 17.1 Å². The lowest BCUT2D eigenvalue weighted by atomic mass is 10.0. The zero-order chi connectivity index (χ0) is 18.1. The molecule has 2 aromatic rings. The van der Waals surface area contributed by atoms with E-state index in [4.69, 9.17) is 0 Å². The molecule has 11 heteroatoms. The largest absolute Gasteiger partial charge is 0.461 e. The summed E-state index contributed by atoms with van der Waals surface area (Å²) in [5.74, 6) is -1.02. The van der Waals surface area contributed by atoms with Crippen LogP contribution in [0.25, 0.3) is 11.3 Å². The molecule has 0 fully saturated rings. The molecule has 0 amide bonds. The quantitative estimate of drug-likeness (QED) is 0.675. The second-order valence-corrected chi connectivity index (χ2v) is 4.54. The number of hydrogen-bond acceptors (Lipinski definition) is 4. The highest BCUT2D eigenvalue weighted by molar-refractivity contribution is 5.94. The van der Waals surface area contributed by atoms with Crippen molar-refractivity contribution in [3.05, 3.63) is 35.0 Å². The van der Waals surface area contributed by atoms with E-state index < -0.39 is 46.4 Å². The smallest absolute Gasteiger partial charge is 0.416 e. The Morgan fingerprint density at radius 2 is 1.58 bits per heavy atom. The number of carbonyl (C=O) groups excluding carboxylic acids is 1. The molecule has 130 valence electrons. The average Bonchev–Trinajstić information content (AvgIpc) is 2.94. The van der Waals surface area contributed by atoms with Gasteiger partial charge in [-0.05, 0) is 25.1 Å². The van der Waals surface area contributed by atoms with Crippen LogP contribution in [0.3, 0.4) is 0 Å². The first-order valence-electron chi connectivity index (χ1n) is 6.41. The standard InChI is InChI=1S/C13H9F6N3O2/c1-2-24-11(23)10-9(20-22-21-10)6-3-7(12(14,15)16)5-8(4-6)13(17,18)19/h3-5H,2H2,1H3,(H,20,21,22). The maximum absolute atomic E-state index is 12.9. The van der Waals surface area contributed by atoms with Crippen LogP contribution >= 0.6 is 0 Å². The van der Waals surface area contributed by atoms with Gasteiger partial charge in [0.2, 0.25) is 0 Å². The SMILES string of the molecule is CCOC(=O)c1n[nH]nc1-c1cc(C(F)(F)F)cc(C(F)(F)F)c1. The van der Waals surface area contributed by atoms with Crippen molar-refractivity contribution in [1.82, 2.24) is 15.4 Å². The highest BCUT2D eigenvalue weighted by atomic mass is 19.4. The van der Waals surface area contributed by atoms with Crippen LogP contribution in [0.5, 0.6) is 0 Å². The van der Waals surface area contributed by atoms with E-state index in [1.54, 1.807) is 0 Å². The molecule has 0 saturated carbocycles. The van der Waals surface area contributed by atoms with Gasteiger partial charge in [0.05, 0.1) is 17.7 Å². The predicted octanol–water partition coefficient (Wildman–Crippen LogP) is 3.69. The highest BCUT2D eigenvalue weighted by Crippen LogP contribution is 2.38. The zero-order valence-electron chi connectivity index (χ0n) is 11.9. The van der Waals surface area contributed by atoms with Crippen LogP contribution in [0.15, 0.2) is 18.2 Å². The molecule has 1 heterocycles. The fourth-order valence-corrected chi connectivity index (χ4v) is 1.87. The number of nitrogens with one attached hydrogen (secondary N) is 1. The number of carbonyl (C=O) groups is 1. The lowest BCUT2D eigenvalue weighted by Crippen LogP contribution is -2.12. The van der Waals surface area contributed by atoms with Gasteiger partial charge in [0.25, 0.3) is 0 Å². The number of aromatic amines is 1. The maximum Gasteiger partial charge on any atom is 0.416 e. The molecule has 0 atom stereocenters. The fraction of sp³-hybridized carbons (Fsp3) is 0.308. The summed E-state index contributed by atoms with van der Waals surface area (Å²) in [5, 5.41) is 8.88. The Kier molecular flexibility index (Phi) is 4.54. The zero-order valence-corrected chi connectivity index (χ0v) is 11.9. The van der Waals surface area contributed by atoms with E-state index in [9.17, 15) is 31.1 Å². The van der Waals surface area contributed by atoms with Crippen molar-refractivity contribution in [2.24, 2.45) is 0 Å². The first-order chi connectivity index (χ1) is 11.0. The second-order valence-electron chi connectivity index (χ2n) is 4.54. The van der Waals surface area contributed by atoms with E-state index in [0.29, 0.717) is 12.1 Å². The van der Waals surface area contributed by atoms with E-state index in [-0.39, 0.29) is 12.7 Å². The van der Waals surface area contributed by atoms with Crippen LogP contribution < -0.4 is 0 Å². The van der Waals surface area contributed by atoms with Crippen LogP contribution in [0, 0.1) is 0 Å². The molecule has 0 aliphatic rings. The molecule has 0 unspecified atom stereocenters. The van der Waals surface area contributed by atoms with Gasteiger partial charge in [0, 0.05) is 5.56 Å². The molecule has 1 N–H and O–H groups in total. The van der Waals surface area contributed by atoms with Crippen molar-refractivity contribution < 1.29 is 35.9 Å². The Hall–Kier alpha value is -2.59. The number of benzene rings is 1. The summed E-state index contributed by atoms with van der Waals surface area (Å²) < 4.78 is 81.8. The minimum absolute atomic E-state index is 0.0202. The number of H-pyrrole nitrogens is 1. The molecule has 0 bridgehead atoms. The number of ether oxygens (including phenoxy) is 1. The van der Waals surface area contributed by atoms with E-state index in [0.717, 1.165) is 0 Å². The number of hydrogen-bond donors (Lipinski definition) is 1. The summed E-state index contributed by atoms with van der Waals surface area (Å²) in [5.41, 5.74) is -4.58. The number of aromatic nitrogens is 3. The van der Waals surface area contributed by atoms with E-state index in [1.165, 1.54) is 6.92 Å². The molecule has 0 aliphatic carbocycles. The van der Waals surface area contributed by atoms with Gasteiger partial charge in [-0.3, -0.25) is 0 Å². The van der Waals surface area contributed by atoms with Crippen molar-refractivity contribution in [2.45, 2.75) is 19.3 Å². The first-order valence-corrected chi connectivity index (χ1v) is 6.41. The summed E-state index contributed by atoms with van der Waals surface area (Å²) in [7, 11) is 0. The lowest BCUT2D eigenvalue weighted by Gasteiger charge is -2.13. The number of halogens is 6. The van der Waals surface area contributed by atoms with Gasteiger partial charge in [-0.25, -0.2) is 4.79 Å². The van der Waals surface area contributed by atoms with Gasteiger partial charge in [-0.15, -0.1) is 5.10 Å². The molecule has 1 aromatic heterocycles. The molecule has 2 rings (SSSR count). The minimum atomic E-state index is -5.01. The Bertz CT molecular complexity index is 719.